The fraction of sp³-hybridized carbons (Fsp3) is 0.805. The van der Waals surface area contributed by atoms with Crippen LogP contribution in [0.1, 0.15) is 54.4 Å². The van der Waals surface area contributed by atoms with Crippen molar-refractivity contribution in [2.45, 2.75) is 54.4 Å². The van der Waals surface area contributed by atoms with Gasteiger partial charge in [0.2, 0.25) is 17.7 Å². The highest BCUT2D eigenvalue weighted by atomic mass is 32.2. The van der Waals surface area contributed by atoms with Crippen LogP contribution in [0.5, 0.6) is 0 Å². The Balaban J connectivity index is 0. The highest BCUT2D eigenvalue weighted by Crippen LogP contribution is 2.18. The normalized spacial score (nSPS) is 11.6. The standard InChI is InChI=1S/C21H34N4O9S2.2C10H21NO4/c1-3-22-16(26)12-31-14-19(29)33-8-5-24(11-18(28)25-7-10-36-21(25)35)6-9-34-20(30)15-32-13-17(27)23-4-2;2*1-3-6-15-10(12)11-5-7-14-9-8-13-4-2/h3-15H2,1-2H3,(H,22,26)(H,23,27);2*3-9H2,1-2H3,(H,11,12). The molecule has 4 N–H and O–H groups in total. The lowest BCUT2D eigenvalue weighted by molar-refractivity contribution is -0.150. The first-order valence-electron chi connectivity index (χ1n) is 22.2. The van der Waals surface area contributed by atoms with Crippen molar-refractivity contribution in [2.75, 3.05) is 164 Å². The van der Waals surface area contributed by atoms with Crippen LogP contribution in [0.15, 0.2) is 0 Å². The number of esters is 2. The van der Waals surface area contributed by atoms with E-state index in [-0.39, 0.29) is 89.2 Å². The summed E-state index contributed by atoms with van der Waals surface area (Å²) in [5.41, 5.74) is 0. The van der Waals surface area contributed by atoms with E-state index >= 15 is 0 Å². The smallest absolute Gasteiger partial charge is 0.407 e. The predicted molar refractivity (Wildman–Crippen MR) is 248 cm³/mol. The molecular weight excluding hydrogens is 913 g/mol. The molecule has 0 aromatic heterocycles. The first-order valence-corrected chi connectivity index (χ1v) is 23.6. The minimum atomic E-state index is -0.654. The Morgan fingerprint density at radius 2 is 0.985 bits per heavy atom. The predicted octanol–water partition coefficient (Wildman–Crippen LogP) is 0.892. The van der Waals surface area contributed by atoms with E-state index in [1.807, 2.05) is 27.7 Å². The van der Waals surface area contributed by atoms with Crippen LogP contribution >= 0.6 is 24.0 Å². The number of thioether (sulfide) groups is 1. The highest BCUT2D eigenvalue weighted by molar-refractivity contribution is 8.23. The van der Waals surface area contributed by atoms with Gasteiger partial charge in [0.05, 0.1) is 59.4 Å². The molecule has 0 atom stereocenters. The van der Waals surface area contributed by atoms with Crippen molar-refractivity contribution in [3.05, 3.63) is 0 Å². The molecule has 1 rings (SSSR count). The van der Waals surface area contributed by atoms with E-state index in [0.717, 1.165) is 18.6 Å². The van der Waals surface area contributed by atoms with Gasteiger partial charge in [0, 0.05) is 64.8 Å². The zero-order valence-electron chi connectivity index (χ0n) is 39.7. The summed E-state index contributed by atoms with van der Waals surface area (Å²) in [6, 6.07) is 0. The molecule has 0 spiro atoms. The lowest BCUT2D eigenvalue weighted by Gasteiger charge is -2.24. The van der Waals surface area contributed by atoms with Crippen LogP contribution in [0.3, 0.4) is 0 Å². The van der Waals surface area contributed by atoms with Gasteiger partial charge in [-0.1, -0.05) is 37.8 Å². The maximum Gasteiger partial charge on any atom is 0.407 e. The Hall–Kier alpha value is -3.95. The lowest BCUT2D eigenvalue weighted by Crippen LogP contribution is -2.43. The topological polar surface area (TPSA) is 266 Å². The third-order valence-electron chi connectivity index (χ3n) is 7.47. The summed E-state index contributed by atoms with van der Waals surface area (Å²) in [7, 11) is 0. The number of nitrogens with zero attached hydrogens (tertiary/aromatic N) is 2. The maximum absolute atomic E-state index is 12.6. The summed E-state index contributed by atoms with van der Waals surface area (Å²) < 4.78 is 50.9. The second-order valence-electron chi connectivity index (χ2n) is 13.0. The maximum atomic E-state index is 12.6. The van der Waals surface area contributed by atoms with Crippen molar-refractivity contribution in [3.63, 3.8) is 0 Å². The monoisotopic (exact) mass is 988 g/mol. The van der Waals surface area contributed by atoms with E-state index in [1.165, 1.54) is 16.7 Å². The molecule has 0 saturated carbocycles. The fourth-order valence-corrected chi connectivity index (χ4v) is 5.69. The van der Waals surface area contributed by atoms with E-state index in [1.54, 1.807) is 18.7 Å². The molecule has 0 radical (unpaired) electrons. The molecule has 384 valence electrons. The molecule has 0 aliphatic carbocycles. The van der Waals surface area contributed by atoms with E-state index in [9.17, 15) is 33.6 Å². The van der Waals surface area contributed by atoms with E-state index in [2.05, 4.69) is 21.3 Å². The Morgan fingerprint density at radius 3 is 1.36 bits per heavy atom. The summed E-state index contributed by atoms with van der Waals surface area (Å²) >= 11 is 6.61. The van der Waals surface area contributed by atoms with Crippen LogP contribution in [0, 0.1) is 0 Å². The van der Waals surface area contributed by atoms with Crippen molar-refractivity contribution >= 4 is 70.1 Å². The van der Waals surface area contributed by atoms with Gasteiger partial charge in [0.15, 0.2) is 0 Å². The lowest BCUT2D eigenvalue weighted by atomic mass is 10.4. The molecule has 1 aliphatic rings. The summed E-state index contributed by atoms with van der Waals surface area (Å²) in [5, 5.41) is 10.2. The first-order chi connectivity index (χ1) is 31.9. The SMILES string of the molecule is CCCOC(=O)NCCOCCOCC.CCCOC(=O)NCCOCCOCC.CCNC(=O)COCC(=O)OCCN(CCOC(=O)COCC(=O)NCC)CC(=O)N1CCSC1=S. The minimum Gasteiger partial charge on any atom is -0.463 e. The number of amides is 5. The molecule has 0 aromatic carbocycles. The number of nitrogens with one attached hydrogen (secondary N) is 4. The zero-order valence-corrected chi connectivity index (χ0v) is 41.4. The molecule has 1 heterocycles. The van der Waals surface area contributed by atoms with Gasteiger partial charge in [-0.25, -0.2) is 19.2 Å². The van der Waals surface area contributed by atoms with Gasteiger partial charge in [-0.05, 0) is 40.5 Å². The zero-order chi connectivity index (χ0) is 49.5. The summed E-state index contributed by atoms with van der Waals surface area (Å²) in [4.78, 5) is 84.0. The third-order valence-corrected chi connectivity index (χ3v) is 8.90. The number of hydrogen-bond acceptors (Lipinski definition) is 20. The number of thiocarbonyl (C=S) groups is 1. The van der Waals surface area contributed by atoms with Crippen LogP contribution in [0.4, 0.5) is 9.59 Å². The molecule has 0 aromatic rings. The number of hydrogen-bond donors (Lipinski definition) is 4. The second kappa shape index (κ2) is 47.5. The van der Waals surface area contributed by atoms with Gasteiger partial charge in [0.25, 0.3) is 0 Å². The van der Waals surface area contributed by atoms with Crippen molar-refractivity contribution < 1.29 is 80.9 Å². The van der Waals surface area contributed by atoms with Gasteiger partial charge in [-0.2, -0.15) is 0 Å². The number of alkyl carbamates (subject to hydrolysis) is 2. The Morgan fingerprint density at radius 1 is 0.545 bits per heavy atom. The van der Waals surface area contributed by atoms with E-state index < -0.39 is 11.9 Å². The van der Waals surface area contributed by atoms with Crippen LogP contribution in [0.25, 0.3) is 0 Å². The van der Waals surface area contributed by atoms with Crippen LogP contribution in [-0.2, 0) is 71.3 Å². The molecular formula is C41H76N6O17S2. The van der Waals surface area contributed by atoms with Crippen LogP contribution in [-0.4, -0.2) is 220 Å². The molecule has 1 aliphatic heterocycles. The molecule has 0 bridgehead atoms. The molecule has 66 heavy (non-hydrogen) atoms. The number of likely N-dealkylation sites (N-methyl/N-ethyl adjacent to an activating group) is 2. The molecule has 0 unspecified atom stereocenters. The molecule has 1 saturated heterocycles. The van der Waals surface area contributed by atoms with E-state index in [0.29, 0.717) is 103 Å². The highest BCUT2D eigenvalue weighted by Gasteiger charge is 2.26. The number of rotatable bonds is 36. The van der Waals surface area contributed by atoms with Crippen molar-refractivity contribution in [1.29, 1.82) is 0 Å². The summed E-state index contributed by atoms with van der Waals surface area (Å²) in [5.74, 6) is -1.46. The van der Waals surface area contributed by atoms with Crippen molar-refractivity contribution in [2.24, 2.45) is 0 Å². The Kier molecular flexibility index (Phi) is 46.2. The molecule has 1 fully saturated rings. The van der Waals surface area contributed by atoms with Gasteiger partial charge in [-0.3, -0.25) is 24.2 Å². The second-order valence-corrected chi connectivity index (χ2v) is 14.7. The van der Waals surface area contributed by atoms with Gasteiger partial charge in [-0.15, -0.1) is 0 Å². The van der Waals surface area contributed by atoms with Gasteiger partial charge >= 0.3 is 24.1 Å². The average Bonchev–Trinajstić information content (AvgIpc) is 3.73. The van der Waals surface area contributed by atoms with Gasteiger partial charge in [0.1, 0.15) is 44.0 Å². The fourth-order valence-electron chi connectivity index (χ4n) is 4.45. The van der Waals surface area contributed by atoms with Crippen LogP contribution in [0.2, 0.25) is 0 Å². The molecule has 5 amide bonds. The van der Waals surface area contributed by atoms with Gasteiger partial charge < -0.3 is 68.6 Å². The Bertz CT molecular complexity index is 1250. The Labute approximate surface area is 399 Å². The number of ether oxygens (including phenoxy) is 10. The summed E-state index contributed by atoms with van der Waals surface area (Å²) in [6.07, 6.45) is 0.895. The molecule has 23 nitrogen and oxygen atoms in total. The largest absolute Gasteiger partial charge is 0.463 e. The average molecular weight is 989 g/mol. The number of carbonyl (C=O) groups excluding carboxylic acids is 7. The van der Waals surface area contributed by atoms with Crippen molar-refractivity contribution in [3.8, 4) is 0 Å². The number of carbonyl (C=O) groups is 7. The van der Waals surface area contributed by atoms with E-state index in [4.69, 9.17) is 59.6 Å². The van der Waals surface area contributed by atoms with Crippen molar-refractivity contribution in [1.82, 2.24) is 31.1 Å². The minimum absolute atomic E-state index is 0.0167. The third kappa shape index (κ3) is 42.7. The first kappa shape index (κ1) is 64.1. The quantitative estimate of drug-likeness (QED) is 0.0294. The molecule has 25 heteroatoms. The summed E-state index contributed by atoms with van der Waals surface area (Å²) in [6.45, 7) is 18.2. The van der Waals surface area contributed by atoms with Crippen LogP contribution < -0.4 is 21.3 Å².